The molecular weight excluding hydrogens is 344 g/mol. The fourth-order valence-corrected chi connectivity index (χ4v) is 3.78. The van der Waals surface area contributed by atoms with Gasteiger partial charge in [0.25, 0.3) is 5.91 Å². The zero-order chi connectivity index (χ0) is 19.2. The smallest absolute Gasteiger partial charge is 0.410 e. The lowest BCUT2D eigenvalue weighted by molar-refractivity contribution is -0.00446. The molecule has 1 aliphatic heterocycles. The lowest BCUT2D eigenvalue weighted by Gasteiger charge is -2.54. The predicted octanol–water partition coefficient (Wildman–Crippen LogP) is 2.56. The summed E-state index contributed by atoms with van der Waals surface area (Å²) >= 11 is 0. The van der Waals surface area contributed by atoms with Gasteiger partial charge in [-0.2, -0.15) is 0 Å². The summed E-state index contributed by atoms with van der Waals surface area (Å²) in [5.41, 5.74) is 0.994. The number of hydrogen-bond donors (Lipinski definition) is 1. The Morgan fingerprint density at radius 3 is 2.41 bits per heavy atom. The third kappa shape index (κ3) is 3.87. The second-order valence-electron chi connectivity index (χ2n) is 8.73. The highest BCUT2D eigenvalue weighted by molar-refractivity contribution is 5.92. The Morgan fingerprint density at radius 2 is 1.85 bits per heavy atom. The van der Waals surface area contributed by atoms with Gasteiger partial charge in [0.15, 0.2) is 0 Å². The summed E-state index contributed by atoms with van der Waals surface area (Å²) in [5.74, 6) is -0.0969. The minimum Gasteiger partial charge on any atom is -0.444 e. The van der Waals surface area contributed by atoms with Crippen LogP contribution in [-0.2, 0) is 4.74 Å². The fourth-order valence-electron chi connectivity index (χ4n) is 3.78. The van der Waals surface area contributed by atoms with Crippen molar-refractivity contribution < 1.29 is 14.3 Å². The van der Waals surface area contributed by atoms with Gasteiger partial charge in [-0.15, -0.1) is 0 Å². The Morgan fingerprint density at radius 1 is 1.11 bits per heavy atom. The number of nitrogens with one attached hydrogen (secondary N) is 1. The predicted molar refractivity (Wildman–Crippen MR) is 102 cm³/mol. The van der Waals surface area contributed by atoms with Crippen molar-refractivity contribution in [3.8, 4) is 0 Å². The van der Waals surface area contributed by atoms with Crippen molar-refractivity contribution in [2.75, 3.05) is 18.0 Å². The fraction of sp³-hybridized carbons (Fsp3) is 0.650. The van der Waals surface area contributed by atoms with E-state index in [9.17, 15) is 9.59 Å². The minimum absolute atomic E-state index is 0.0969. The maximum absolute atomic E-state index is 12.5. The normalized spacial score (nSPS) is 24.7. The number of hydrogen-bond acceptors (Lipinski definition) is 5. The molecule has 1 aromatic heterocycles. The Bertz CT molecular complexity index is 724. The Labute approximate surface area is 160 Å². The minimum atomic E-state index is -0.478. The van der Waals surface area contributed by atoms with Gasteiger partial charge in [-0.3, -0.25) is 4.79 Å². The van der Waals surface area contributed by atoms with Crippen LogP contribution < -0.4 is 10.2 Å². The number of aromatic nitrogens is 1. The number of ether oxygens (including phenoxy) is 1. The Hall–Kier alpha value is -2.31. The van der Waals surface area contributed by atoms with Gasteiger partial charge >= 0.3 is 6.09 Å². The lowest BCUT2D eigenvalue weighted by atomic mass is 9.81. The van der Waals surface area contributed by atoms with E-state index >= 15 is 0 Å². The summed E-state index contributed by atoms with van der Waals surface area (Å²) in [5, 5.41) is 2.96. The van der Waals surface area contributed by atoms with E-state index in [1.54, 1.807) is 12.3 Å². The zero-order valence-electron chi connectivity index (χ0n) is 16.3. The van der Waals surface area contributed by atoms with Crippen LogP contribution in [0.3, 0.4) is 0 Å². The largest absolute Gasteiger partial charge is 0.444 e. The number of carbonyl (C=O) groups is 2. The van der Waals surface area contributed by atoms with Gasteiger partial charge in [0.05, 0.1) is 17.9 Å². The SMILES string of the molecule is CC(C)(C)OC(=O)N1CCN(c2ccc(C(=O)NC3CC3)nc2)C2CCC21. The molecule has 7 heteroatoms. The average molecular weight is 372 g/mol. The van der Waals surface area contributed by atoms with Gasteiger partial charge in [0, 0.05) is 25.2 Å². The van der Waals surface area contributed by atoms with Crippen molar-refractivity contribution in [1.29, 1.82) is 0 Å². The quantitative estimate of drug-likeness (QED) is 0.883. The highest BCUT2D eigenvalue weighted by atomic mass is 16.6. The third-order valence-corrected chi connectivity index (χ3v) is 5.44. The molecule has 146 valence electrons. The van der Waals surface area contributed by atoms with E-state index in [0.29, 0.717) is 24.3 Å². The summed E-state index contributed by atoms with van der Waals surface area (Å²) < 4.78 is 5.56. The van der Waals surface area contributed by atoms with Gasteiger partial charge < -0.3 is 19.9 Å². The third-order valence-electron chi connectivity index (χ3n) is 5.44. The van der Waals surface area contributed by atoms with Crippen molar-refractivity contribution in [2.45, 2.75) is 70.2 Å². The number of carbonyl (C=O) groups excluding carboxylic acids is 2. The second-order valence-corrected chi connectivity index (χ2v) is 8.73. The van der Waals surface area contributed by atoms with Crippen LogP contribution in [0.2, 0.25) is 0 Å². The molecule has 2 saturated carbocycles. The molecule has 2 heterocycles. The maximum Gasteiger partial charge on any atom is 0.410 e. The summed E-state index contributed by atoms with van der Waals surface area (Å²) in [7, 11) is 0. The molecule has 3 fully saturated rings. The summed E-state index contributed by atoms with van der Waals surface area (Å²) in [6.45, 7) is 7.07. The number of anilines is 1. The van der Waals surface area contributed by atoms with Crippen LogP contribution in [-0.4, -0.2) is 58.7 Å². The second kappa shape index (κ2) is 6.69. The molecule has 0 aromatic carbocycles. The topological polar surface area (TPSA) is 74.8 Å². The van der Waals surface area contributed by atoms with Gasteiger partial charge in [-0.1, -0.05) is 0 Å². The highest BCUT2D eigenvalue weighted by Gasteiger charge is 2.46. The van der Waals surface area contributed by atoms with Gasteiger partial charge in [-0.05, 0) is 58.6 Å². The molecule has 1 aromatic rings. The first kappa shape index (κ1) is 18.1. The van der Waals surface area contributed by atoms with E-state index in [0.717, 1.165) is 37.9 Å². The van der Waals surface area contributed by atoms with E-state index in [-0.39, 0.29) is 18.0 Å². The number of fused-ring (bicyclic) bond motifs is 1. The molecule has 2 atom stereocenters. The number of piperazine rings is 1. The summed E-state index contributed by atoms with van der Waals surface area (Å²) in [6.07, 6.45) is 5.73. The van der Waals surface area contributed by atoms with Crippen LogP contribution in [0.4, 0.5) is 10.5 Å². The van der Waals surface area contributed by atoms with Gasteiger partial charge in [0.1, 0.15) is 11.3 Å². The van der Waals surface area contributed by atoms with Gasteiger partial charge in [-0.25, -0.2) is 9.78 Å². The van der Waals surface area contributed by atoms with Crippen molar-refractivity contribution in [2.24, 2.45) is 0 Å². The molecular formula is C20H28N4O3. The number of nitrogens with zero attached hydrogens (tertiary/aromatic N) is 3. The number of amides is 2. The van der Waals surface area contributed by atoms with Crippen LogP contribution in [0, 0.1) is 0 Å². The molecule has 2 aliphatic carbocycles. The molecule has 2 amide bonds. The summed E-state index contributed by atoms with van der Waals surface area (Å²) in [4.78, 5) is 33.1. The van der Waals surface area contributed by atoms with Crippen LogP contribution in [0.5, 0.6) is 0 Å². The first-order valence-corrected chi connectivity index (χ1v) is 9.85. The van der Waals surface area contributed by atoms with Crippen molar-refractivity contribution in [3.63, 3.8) is 0 Å². The van der Waals surface area contributed by atoms with E-state index in [1.165, 1.54) is 0 Å². The average Bonchev–Trinajstić information content (AvgIpc) is 3.37. The number of rotatable bonds is 3. The molecule has 3 aliphatic rings. The molecule has 7 nitrogen and oxygen atoms in total. The zero-order valence-corrected chi connectivity index (χ0v) is 16.3. The van der Waals surface area contributed by atoms with Crippen molar-refractivity contribution >= 4 is 17.7 Å². The molecule has 1 saturated heterocycles. The van der Waals surface area contributed by atoms with E-state index < -0.39 is 5.60 Å². The molecule has 0 bridgehead atoms. The van der Waals surface area contributed by atoms with Crippen LogP contribution in [0.1, 0.15) is 56.9 Å². The highest BCUT2D eigenvalue weighted by Crippen LogP contribution is 2.37. The molecule has 0 radical (unpaired) electrons. The molecule has 4 rings (SSSR count). The summed E-state index contributed by atoms with van der Waals surface area (Å²) in [6, 6.07) is 4.56. The standard InChI is InChI=1S/C20H28N4O3/c1-20(2,3)27-19(26)24-11-10-23(16-8-9-17(16)24)14-6-7-15(21-12-14)18(25)22-13-4-5-13/h6-7,12-13,16-17H,4-5,8-11H2,1-3H3,(H,22,25). The molecule has 27 heavy (non-hydrogen) atoms. The van der Waals surface area contributed by atoms with Crippen molar-refractivity contribution in [3.05, 3.63) is 24.0 Å². The van der Waals surface area contributed by atoms with Crippen LogP contribution in [0.25, 0.3) is 0 Å². The first-order chi connectivity index (χ1) is 12.8. The van der Waals surface area contributed by atoms with Crippen LogP contribution >= 0.6 is 0 Å². The van der Waals surface area contributed by atoms with Gasteiger partial charge in [0.2, 0.25) is 0 Å². The lowest BCUT2D eigenvalue weighted by Crippen LogP contribution is -2.66. The number of pyridine rings is 1. The Balaban J connectivity index is 1.41. The van der Waals surface area contributed by atoms with E-state index in [1.807, 2.05) is 31.7 Å². The van der Waals surface area contributed by atoms with Crippen molar-refractivity contribution in [1.82, 2.24) is 15.2 Å². The maximum atomic E-state index is 12.5. The monoisotopic (exact) mass is 372 g/mol. The molecule has 0 spiro atoms. The van der Waals surface area contributed by atoms with E-state index in [4.69, 9.17) is 4.74 Å². The molecule has 2 unspecified atom stereocenters. The Kier molecular flexibility index (Phi) is 4.48. The first-order valence-electron chi connectivity index (χ1n) is 9.85. The molecule has 1 N–H and O–H groups in total. The van der Waals surface area contributed by atoms with Crippen LogP contribution in [0.15, 0.2) is 18.3 Å². The van der Waals surface area contributed by atoms with E-state index in [2.05, 4.69) is 15.2 Å².